The zero-order valence-corrected chi connectivity index (χ0v) is 37.4. The van der Waals surface area contributed by atoms with Crippen molar-refractivity contribution in [2.45, 2.75) is 245 Å². The minimum Gasteiger partial charge on any atom is -0.480 e. The van der Waals surface area contributed by atoms with Crippen LogP contribution in [0.3, 0.4) is 0 Å². The van der Waals surface area contributed by atoms with Crippen molar-refractivity contribution in [3.8, 4) is 0 Å². The van der Waals surface area contributed by atoms with Crippen LogP contribution >= 0.6 is 0 Å². The molecule has 0 fully saturated rings. The van der Waals surface area contributed by atoms with Gasteiger partial charge in [0.05, 0.1) is 0 Å². The van der Waals surface area contributed by atoms with E-state index >= 15 is 0 Å². The Balaban J connectivity index is 2.52. The van der Waals surface area contributed by atoms with E-state index in [1.807, 2.05) is 0 Å². The standard InChI is InChI=1S/C49H88N4O5/c1-3-5-7-9-11-13-15-17-19-21-23-25-27-29-31-36-46(54)51-43-39-42(48(56)53-45(49(57)58)35-33-34-38-50)40-44(41-43)52-47(55)37-32-30-28-26-24-22-20-18-16-14-12-10-8-6-4-2/h39-41,45H,3-38,50H2,1-2H3,(H,51,54)(H,52,55)(H,53,56)(H,57,58). The summed E-state index contributed by atoms with van der Waals surface area (Å²) in [5, 5.41) is 18.2. The van der Waals surface area contributed by atoms with Crippen LogP contribution < -0.4 is 21.7 Å². The topological polar surface area (TPSA) is 151 Å². The zero-order valence-electron chi connectivity index (χ0n) is 37.4. The van der Waals surface area contributed by atoms with Gasteiger partial charge in [-0.25, -0.2) is 4.79 Å². The van der Waals surface area contributed by atoms with E-state index in [1.165, 1.54) is 154 Å². The van der Waals surface area contributed by atoms with Gasteiger partial charge in [-0.3, -0.25) is 14.4 Å². The summed E-state index contributed by atoms with van der Waals surface area (Å²) < 4.78 is 0. The van der Waals surface area contributed by atoms with Gasteiger partial charge >= 0.3 is 5.97 Å². The van der Waals surface area contributed by atoms with Crippen molar-refractivity contribution in [1.29, 1.82) is 0 Å². The third-order valence-electron chi connectivity index (χ3n) is 11.3. The van der Waals surface area contributed by atoms with Crippen LogP contribution in [-0.4, -0.2) is 41.4 Å². The number of unbranched alkanes of at least 4 members (excludes halogenated alkanes) is 29. The average Bonchev–Trinajstić information content (AvgIpc) is 3.20. The molecule has 1 rings (SSSR count). The van der Waals surface area contributed by atoms with Gasteiger partial charge in [0, 0.05) is 29.8 Å². The van der Waals surface area contributed by atoms with Crippen molar-refractivity contribution in [3.63, 3.8) is 0 Å². The van der Waals surface area contributed by atoms with Crippen molar-refractivity contribution in [3.05, 3.63) is 23.8 Å². The maximum Gasteiger partial charge on any atom is 0.326 e. The van der Waals surface area contributed by atoms with Gasteiger partial charge in [-0.1, -0.05) is 194 Å². The Labute approximate surface area is 355 Å². The molecule has 58 heavy (non-hydrogen) atoms. The predicted molar refractivity (Wildman–Crippen MR) is 245 cm³/mol. The summed E-state index contributed by atoms with van der Waals surface area (Å²) in [5.41, 5.74) is 6.55. The minimum atomic E-state index is -1.12. The minimum absolute atomic E-state index is 0.146. The van der Waals surface area contributed by atoms with E-state index in [-0.39, 0.29) is 23.8 Å². The van der Waals surface area contributed by atoms with Crippen LogP contribution in [-0.2, 0) is 14.4 Å². The van der Waals surface area contributed by atoms with E-state index in [0.717, 1.165) is 38.5 Å². The van der Waals surface area contributed by atoms with Gasteiger partial charge in [-0.2, -0.15) is 0 Å². The highest BCUT2D eigenvalue weighted by molar-refractivity contribution is 6.01. The summed E-state index contributed by atoms with van der Waals surface area (Å²) in [6.07, 6.45) is 40.0. The Hall–Kier alpha value is -2.94. The van der Waals surface area contributed by atoms with Crippen LogP contribution in [0.2, 0.25) is 0 Å². The first kappa shape index (κ1) is 53.1. The lowest BCUT2D eigenvalue weighted by Gasteiger charge is -2.16. The highest BCUT2D eigenvalue weighted by Gasteiger charge is 2.21. The fourth-order valence-electron chi connectivity index (χ4n) is 7.66. The molecular weight excluding hydrogens is 725 g/mol. The number of amides is 3. The number of anilines is 2. The Bertz CT molecular complexity index is 1130. The van der Waals surface area contributed by atoms with Crippen LogP contribution in [0.4, 0.5) is 11.4 Å². The van der Waals surface area contributed by atoms with Gasteiger partial charge in [-0.15, -0.1) is 0 Å². The van der Waals surface area contributed by atoms with Crippen molar-refractivity contribution >= 4 is 35.1 Å². The molecule has 0 aromatic heterocycles. The maximum absolute atomic E-state index is 13.3. The van der Waals surface area contributed by atoms with Gasteiger partial charge in [0.1, 0.15) is 6.04 Å². The first-order valence-electron chi connectivity index (χ1n) is 24.3. The molecule has 0 spiro atoms. The van der Waals surface area contributed by atoms with Crippen LogP contribution in [0.1, 0.15) is 249 Å². The molecule has 9 nitrogen and oxygen atoms in total. The molecule has 0 aliphatic rings. The van der Waals surface area contributed by atoms with Gasteiger partial charge in [0.25, 0.3) is 5.91 Å². The second kappa shape index (κ2) is 38.3. The third kappa shape index (κ3) is 31.0. The lowest BCUT2D eigenvalue weighted by molar-refractivity contribution is -0.139. The molecule has 3 amide bonds. The Morgan fingerprint density at radius 3 is 1.12 bits per heavy atom. The summed E-state index contributed by atoms with van der Waals surface area (Å²) in [6, 6.07) is 3.69. The van der Waals surface area contributed by atoms with Gasteiger partial charge in [0.15, 0.2) is 0 Å². The molecule has 0 heterocycles. The second-order valence-electron chi connectivity index (χ2n) is 16.9. The summed E-state index contributed by atoms with van der Waals surface area (Å²) in [6.45, 7) is 4.97. The fourth-order valence-corrected chi connectivity index (χ4v) is 7.66. The lowest BCUT2D eigenvalue weighted by Crippen LogP contribution is -2.40. The number of hydrogen-bond donors (Lipinski definition) is 5. The number of hydrogen-bond acceptors (Lipinski definition) is 5. The first-order chi connectivity index (χ1) is 28.3. The number of carboxylic acid groups (broad SMARTS) is 1. The van der Waals surface area contributed by atoms with E-state index in [1.54, 1.807) is 18.2 Å². The molecule has 0 saturated carbocycles. The molecule has 1 atom stereocenters. The summed E-state index contributed by atoms with van der Waals surface area (Å²) >= 11 is 0. The number of rotatable bonds is 41. The molecule has 334 valence electrons. The van der Waals surface area contributed by atoms with E-state index in [9.17, 15) is 24.3 Å². The molecule has 1 aromatic rings. The summed E-state index contributed by atoms with van der Waals surface area (Å²) in [7, 11) is 0. The number of carbonyl (C=O) groups excluding carboxylic acids is 3. The molecule has 0 bridgehead atoms. The van der Waals surface area contributed by atoms with Crippen molar-refractivity contribution < 1.29 is 24.3 Å². The number of aliphatic carboxylic acids is 1. The van der Waals surface area contributed by atoms with Crippen LogP contribution in [0.15, 0.2) is 18.2 Å². The number of carboxylic acids is 1. The average molecular weight is 813 g/mol. The van der Waals surface area contributed by atoms with Crippen LogP contribution in [0.5, 0.6) is 0 Å². The lowest BCUT2D eigenvalue weighted by atomic mass is 10.0. The molecule has 1 aromatic carbocycles. The van der Waals surface area contributed by atoms with E-state index in [4.69, 9.17) is 5.73 Å². The fraction of sp³-hybridized carbons (Fsp3) is 0.796. The number of nitrogens with two attached hydrogens (primary N) is 1. The highest BCUT2D eigenvalue weighted by atomic mass is 16.4. The Morgan fingerprint density at radius 2 is 0.810 bits per heavy atom. The smallest absolute Gasteiger partial charge is 0.326 e. The zero-order chi connectivity index (χ0) is 42.3. The molecule has 0 radical (unpaired) electrons. The molecule has 0 aliphatic heterocycles. The highest BCUT2D eigenvalue weighted by Crippen LogP contribution is 2.22. The Kier molecular flexibility index (Phi) is 35.0. The van der Waals surface area contributed by atoms with Gasteiger partial charge < -0.3 is 26.8 Å². The molecule has 6 N–H and O–H groups in total. The summed E-state index contributed by atoms with van der Waals surface area (Å²) in [5.74, 6) is -1.98. The molecule has 0 aliphatic carbocycles. The molecule has 0 saturated heterocycles. The Morgan fingerprint density at radius 1 is 0.483 bits per heavy atom. The predicted octanol–water partition coefficient (Wildman–Crippen LogP) is 13.4. The van der Waals surface area contributed by atoms with Crippen molar-refractivity contribution in [2.24, 2.45) is 5.73 Å². The summed E-state index contributed by atoms with van der Waals surface area (Å²) in [4.78, 5) is 51.1. The van der Waals surface area contributed by atoms with Crippen LogP contribution in [0, 0.1) is 0 Å². The molecule has 9 heteroatoms. The second-order valence-corrected chi connectivity index (χ2v) is 16.9. The number of carbonyl (C=O) groups is 4. The van der Waals surface area contributed by atoms with E-state index in [2.05, 4.69) is 29.8 Å². The quantitative estimate of drug-likeness (QED) is 0.0415. The first-order valence-corrected chi connectivity index (χ1v) is 24.3. The van der Waals surface area contributed by atoms with Gasteiger partial charge in [-0.05, 0) is 56.8 Å². The van der Waals surface area contributed by atoms with Crippen molar-refractivity contribution in [2.75, 3.05) is 17.2 Å². The monoisotopic (exact) mass is 813 g/mol. The van der Waals surface area contributed by atoms with Crippen LogP contribution in [0.25, 0.3) is 0 Å². The number of benzene rings is 1. The number of nitrogens with one attached hydrogen (secondary N) is 3. The normalized spacial score (nSPS) is 11.7. The molecular formula is C49H88N4O5. The van der Waals surface area contributed by atoms with Crippen molar-refractivity contribution in [1.82, 2.24) is 5.32 Å². The van der Waals surface area contributed by atoms with E-state index in [0.29, 0.717) is 43.6 Å². The SMILES string of the molecule is CCCCCCCCCCCCCCCCCC(=O)Nc1cc(NC(=O)CCCCCCCCCCCCCCCCC)cc(C(=O)NC(CCCCN)C(=O)O)c1. The molecule has 1 unspecified atom stereocenters. The maximum atomic E-state index is 13.3. The van der Waals surface area contributed by atoms with Gasteiger partial charge in [0.2, 0.25) is 11.8 Å². The van der Waals surface area contributed by atoms with E-state index < -0.39 is 17.9 Å². The largest absolute Gasteiger partial charge is 0.480 e. The third-order valence-corrected chi connectivity index (χ3v) is 11.3.